The van der Waals surface area contributed by atoms with Gasteiger partial charge in [-0.3, -0.25) is 4.57 Å². The molecule has 21 heavy (non-hydrogen) atoms. The minimum atomic E-state index is -3.92. The number of aromatic nitrogens is 3. The Kier molecular flexibility index (Phi) is 4.68. The lowest BCUT2D eigenvalue weighted by Gasteiger charge is -2.19. The minimum absolute atomic E-state index is 0.0201. The number of halogens is 1. The van der Waals surface area contributed by atoms with E-state index in [9.17, 15) is 8.42 Å². The van der Waals surface area contributed by atoms with E-state index >= 15 is 0 Å². The molecule has 1 atom stereocenters. The van der Waals surface area contributed by atoms with Gasteiger partial charge in [0.15, 0.2) is 0 Å². The van der Waals surface area contributed by atoms with Crippen molar-refractivity contribution in [3.8, 4) is 0 Å². The molecule has 0 saturated carbocycles. The highest BCUT2D eigenvalue weighted by Crippen LogP contribution is 2.30. The maximum atomic E-state index is 11.7. The summed E-state index contributed by atoms with van der Waals surface area (Å²) in [7, 11) is 1.54. The summed E-state index contributed by atoms with van der Waals surface area (Å²) < 4.78 is 24.9. The third-order valence-electron chi connectivity index (χ3n) is 3.35. The van der Waals surface area contributed by atoms with Crippen LogP contribution in [0.5, 0.6) is 0 Å². The van der Waals surface area contributed by atoms with E-state index in [0.717, 1.165) is 12.0 Å². The first-order valence-electron chi connectivity index (χ1n) is 6.80. The number of benzene rings is 1. The second-order valence-electron chi connectivity index (χ2n) is 5.11. The minimum Gasteiger partial charge on any atom is -0.298 e. The monoisotopic (exact) mass is 327 g/mol. The summed E-state index contributed by atoms with van der Waals surface area (Å²) >= 11 is 0. The molecule has 1 aromatic carbocycles. The molecular weight excluding hydrogens is 310 g/mol. The Morgan fingerprint density at radius 1 is 1.19 bits per heavy atom. The lowest BCUT2D eigenvalue weighted by atomic mass is 9.95. The van der Waals surface area contributed by atoms with Crippen molar-refractivity contribution in [2.75, 3.05) is 0 Å². The van der Waals surface area contributed by atoms with Gasteiger partial charge >= 0.3 is 0 Å². The molecule has 0 bridgehead atoms. The third-order valence-corrected chi connectivity index (χ3v) is 4.48. The van der Waals surface area contributed by atoms with E-state index in [1.807, 2.05) is 51.1 Å². The average Bonchev–Trinajstić information content (AvgIpc) is 2.86. The van der Waals surface area contributed by atoms with Gasteiger partial charge in [-0.1, -0.05) is 37.3 Å². The molecule has 114 valence electrons. The van der Waals surface area contributed by atoms with Crippen molar-refractivity contribution in [1.82, 2.24) is 14.8 Å². The van der Waals surface area contributed by atoms with Crippen LogP contribution >= 0.6 is 10.7 Å². The van der Waals surface area contributed by atoms with Gasteiger partial charge in [0.05, 0.1) is 0 Å². The van der Waals surface area contributed by atoms with Crippen LogP contribution in [0.2, 0.25) is 0 Å². The van der Waals surface area contributed by atoms with E-state index in [1.165, 1.54) is 0 Å². The Morgan fingerprint density at radius 2 is 1.81 bits per heavy atom. The van der Waals surface area contributed by atoms with E-state index in [1.54, 1.807) is 4.57 Å². The van der Waals surface area contributed by atoms with Gasteiger partial charge in [0, 0.05) is 22.6 Å². The first-order valence-corrected chi connectivity index (χ1v) is 9.11. The molecule has 7 heteroatoms. The summed E-state index contributed by atoms with van der Waals surface area (Å²) in [5.41, 5.74) is 1.08. The van der Waals surface area contributed by atoms with E-state index in [-0.39, 0.29) is 17.1 Å². The molecule has 1 heterocycles. The van der Waals surface area contributed by atoms with Crippen LogP contribution in [0.4, 0.5) is 0 Å². The highest BCUT2D eigenvalue weighted by molar-refractivity contribution is 8.13. The maximum Gasteiger partial charge on any atom is 0.296 e. The summed E-state index contributed by atoms with van der Waals surface area (Å²) in [6.07, 6.45) is 0.789. The van der Waals surface area contributed by atoms with Crippen LogP contribution in [-0.2, 0) is 9.05 Å². The Morgan fingerprint density at radius 3 is 2.29 bits per heavy atom. The molecule has 0 aliphatic heterocycles. The van der Waals surface area contributed by atoms with Gasteiger partial charge in [-0.05, 0) is 25.8 Å². The van der Waals surface area contributed by atoms with Crippen LogP contribution in [0.15, 0.2) is 35.5 Å². The van der Waals surface area contributed by atoms with Crippen molar-refractivity contribution in [2.45, 2.75) is 44.3 Å². The lowest BCUT2D eigenvalue weighted by Crippen LogP contribution is -2.15. The SMILES string of the molecule is CCC(c1ccccc1)c1nnc(S(=O)(=O)Cl)n1C(C)C. The third kappa shape index (κ3) is 3.27. The Hall–Kier alpha value is -1.40. The number of hydrogen-bond acceptors (Lipinski definition) is 4. The molecule has 0 spiro atoms. The molecular formula is C14H18ClN3O2S. The van der Waals surface area contributed by atoms with Gasteiger partial charge in [-0.25, -0.2) is 8.42 Å². The lowest BCUT2D eigenvalue weighted by molar-refractivity contribution is 0.495. The van der Waals surface area contributed by atoms with Crippen LogP contribution in [0.25, 0.3) is 0 Å². The van der Waals surface area contributed by atoms with E-state index in [2.05, 4.69) is 10.2 Å². The summed E-state index contributed by atoms with van der Waals surface area (Å²) in [6.45, 7) is 5.80. The predicted molar refractivity (Wildman–Crippen MR) is 82.0 cm³/mol. The summed E-state index contributed by atoms with van der Waals surface area (Å²) in [4.78, 5) is 0. The van der Waals surface area contributed by atoms with Crippen molar-refractivity contribution < 1.29 is 8.42 Å². The van der Waals surface area contributed by atoms with Gasteiger partial charge in [0.2, 0.25) is 0 Å². The molecule has 0 saturated heterocycles. The average molecular weight is 328 g/mol. The van der Waals surface area contributed by atoms with Gasteiger partial charge in [-0.15, -0.1) is 10.2 Å². The topological polar surface area (TPSA) is 64.8 Å². The highest BCUT2D eigenvalue weighted by atomic mass is 35.7. The van der Waals surface area contributed by atoms with Crippen molar-refractivity contribution in [1.29, 1.82) is 0 Å². The fourth-order valence-corrected chi connectivity index (χ4v) is 3.42. The smallest absolute Gasteiger partial charge is 0.296 e. The van der Waals surface area contributed by atoms with Gasteiger partial charge in [0.25, 0.3) is 14.2 Å². The Labute approximate surface area is 129 Å². The standard InChI is InChI=1S/C14H18ClN3O2S/c1-4-12(11-8-6-5-7-9-11)13-16-17-14(21(15,19)20)18(13)10(2)3/h5-10,12H,4H2,1-3H3. The molecule has 0 amide bonds. The van der Waals surface area contributed by atoms with Crippen molar-refractivity contribution in [2.24, 2.45) is 0 Å². The molecule has 5 nitrogen and oxygen atoms in total. The molecule has 0 aliphatic carbocycles. The first-order chi connectivity index (χ1) is 9.86. The van der Waals surface area contributed by atoms with Crippen LogP contribution < -0.4 is 0 Å². The van der Waals surface area contributed by atoms with E-state index < -0.39 is 9.05 Å². The van der Waals surface area contributed by atoms with Crippen LogP contribution in [0.3, 0.4) is 0 Å². The van der Waals surface area contributed by atoms with Gasteiger partial charge < -0.3 is 0 Å². The normalized spacial score (nSPS) is 13.6. The van der Waals surface area contributed by atoms with E-state index in [0.29, 0.717) is 5.82 Å². The Balaban J connectivity index is 2.61. The van der Waals surface area contributed by atoms with Crippen molar-refractivity contribution >= 4 is 19.7 Å². The molecule has 0 N–H and O–H groups in total. The zero-order valence-electron chi connectivity index (χ0n) is 12.2. The summed E-state index contributed by atoms with van der Waals surface area (Å²) in [6, 6.07) is 9.75. The van der Waals surface area contributed by atoms with Crippen LogP contribution in [0, 0.1) is 0 Å². The predicted octanol–water partition coefficient (Wildman–Crippen LogP) is 3.33. The number of rotatable bonds is 5. The van der Waals surface area contributed by atoms with Crippen LogP contribution in [0.1, 0.15) is 50.5 Å². The van der Waals surface area contributed by atoms with Crippen LogP contribution in [-0.4, -0.2) is 23.2 Å². The van der Waals surface area contributed by atoms with Gasteiger partial charge in [-0.2, -0.15) is 0 Å². The maximum absolute atomic E-state index is 11.7. The van der Waals surface area contributed by atoms with E-state index in [4.69, 9.17) is 10.7 Å². The fourth-order valence-electron chi connectivity index (χ4n) is 2.43. The molecule has 2 aromatic rings. The molecule has 0 fully saturated rings. The highest BCUT2D eigenvalue weighted by Gasteiger charge is 2.28. The zero-order valence-corrected chi connectivity index (χ0v) is 13.8. The number of hydrogen-bond donors (Lipinski definition) is 0. The largest absolute Gasteiger partial charge is 0.298 e. The van der Waals surface area contributed by atoms with Crippen molar-refractivity contribution in [3.05, 3.63) is 41.7 Å². The quantitative estimate of drug-likeness (QED) is 0.790. The summed E-state index contributed by atoms with van der Waals surface area (Å²) in [5.74, 6) is 0.603. The second-order valence-corrected chi connectivity index (χ2v) is 7.57. The molecule has 1 unspecified atom stereocenters. The Bertz CT molecular complexity index is 711. The second kappa shape index (κ2) is 6.15. The van der Waals surface area contributed by atoms with Gasteiger partial charge in [0.1, 0.15) is 5.82 Å². The fraction of sp³-hybridized carbons (Fsp3) is 0.429. The molecule has 2 rings (SSSR count). The molecule has 0 radical (unpaired) electrons. The molecule has 0 aliphatic rings. The zero-order chi connectivity index (χ0) is 15.6. The summed E-state index contributed by atoms with van der Waals surface area (Å²) in [5, 5.41) is 7.71. The number of nitrogens with zero attached hydrogens (tertiary/aromatic N) is 3. The van der Waals surface area contributed by atoms with Crippen molar-refractivity contribution in [3.63, 3.8) is 0 Å². The molecule has 1 aromatic heterocycles. The first kappa shape index (κ1) is 16.0.